The third kappa shape index (κ3) is 4.63. The summed E-state index contributed by atoms with van der Waals surface area (Å²) in [5, 5.41) is 27.1. The van der Waals surface area contributed by atoms with Crippen LogP contribution in [0, 0.1) is 5.92 Å². The molecular formula is C11H25BN4O6S. The summed E-state index contributed by atoms with van der Waals surface area (Å²) in [4.78, 5) is 11.5. The highest BCUT2D eigenvalue weighted by Gasteiger charge is 2.52. The summed E-state index contributed by atoms with van der Waals surface area (Å²) >= 11 is 0. The highest BCUT2D eigenvalue weighted by atomic mass is 32.2. The van der Waals surface area contributed by atoms with E-state index in [0.717, 1.165) is 8.61 Å². The minimum absolute atomic E-state index is 0.0262. The zero-order chi connectivity index (χ0) is 17.8. The van der Waals surface area contributed by atoms with Gasteiger partial charge in [-0.3, -0.25) is 4.79 Å². The van der Waals surface area contributed by atoms with Crippen LogP contribution in [0.1, 0.15) is 12.8 Å². The van der Waals surface area contributed by atoms with Crippen LogP contribution in [0.15, 0.2) is 0 Å². The molecule has 1 heterocycles. The van der Waals surface area contributed by atoms with Crippen LogP contribution in [0.3, 0.4) is 0 Å². The first-order chi connectivity index (χ1) is 10.6. The van der Waals surface area contributed by atoms with Gasteiger partial charge in [0.2, 0.25) is 0 Å². The molecule has 0 aliphatic carbocycles. The highest BCUT2D eigenvalue weighted by Crippen LogP contribution is 2.32. The van der Waals surface area contributed by atoms with Crippen molar-refractivity contribution >= 4 is 23.3 Å². The second kappa shape index (κ2) is 7.88. The van der Waals surface area contributed by atoms with Gasteiger partial charge in [-0.25, -0.2) is 0 Å². The van der Waals surface area contributed by atoms with Gasteiger partial charge in [-0.1, -0.05) is 6.42 Å². The van der Waals surface area contributed by atoms with Crippen LogP contribution in [-0.4, -0.2) is 84.0 Å². The summed E-state index contributed by atoms with van der Waals surface area (Å²) in [6.45, 7) is -0.0908. The molecule has 2 atom stereocenters. The lowest BCUT2D eigenvalue weighted by atomic mass is 9.78. The third-order valence-corrected chi connectivity index (χ3v) is 6.07. The van der Waals surface area contributed by atoms with E-state index in [2.05, 4.69) is 0 Å². The third-order valence-electron chi connectivity index (χ3n) is 4.17. The van der Waals surface area contributed by atoms with Gasteiger partial charge in [0.05, 0.1) is 0 Å². The molecule has 12 heteroatoms. The molecule has 1 rings (SSSR count). The Morgan fingerprint density at radius 3 is 2.57 bits per heavy atom. The topological polar surface area (TPSA) is 170 Å². The van der Waals surface area contributed by atoms with Gasteiger partial charge in [0.15, 0.2) is 0 Å². The van der Waals surface area contributed by atoms with E-state index in [1.54, 1.807) is 0 Å². The van der Waals surface area contributed by atoms with Crippen molar-refractivity contribution in [3.63, 3.8) is 0 Å². The lowest BCUT2D eigenvalue weighted by Gasteiger charge is -2.26. The average Bonchev–Trinajstić information content (AvgIpc) is 2.78. The molecule has 0 aromatic carbocycles. The van der Waals surface area contributed by atoms with Crippen molar-refractivity contribution in [2.24, 2.45) is 17.4 Å². The molecule has 0 spiro atoms. The van der Waals surface area contributed by atoms with Gasteiger partial charge in [0, 0.05) is 39.1 Å². The molecule has 0 unspecified atom stereocenters. The van der Waals surface area contributed by atoms with Gasteiger partial charge < -0.3 is 26.6 Å². The maximum atomic E-state index is 12.4. The number of carboxylic acid groups (broad SMARTS) is 1. The summed E-state index contributed by atoms with van der Waals surface area (Å²) in [7, 11) is -3.95. The van der Waals surface area contributed by atoms with Gasteiger partial charge in [0.1, 0.15) is 5.54 Å². The van der Waals surface area contributed by atoms with Crippen LogP contribution in [0.5, 0.6) is 0 Å². The Hall–Kier alpha value is -0.755. The first kappa shape index (κ1) is 20.3. The first-order valence-electron chi connectivity index (χ1n) is 7.35. The quantitative estimate of drug-likeness (QED) is 0.275. The number of carbonyl (C=O) groups is 1. The zero-order valence-electron chi connectivity index (χ0n) is 13.1. The van der Waals surface area contributed by atoms with Crippen LogP contribution in [0.2, 0.25) is 6.32 Å². The molecule has 0 aromatic rings. The van der Waals surface area contributed by atoms with Crippen LogP contribution in [0.25, 0.3) is 0 Å². The number of carboxylic acids is 1. The molecule has 0 aromatic heterocycles. The minimum atomic E-state index is -3.84. The predicted molar refractivity (Wildman–Crippen MR) is 84.5 cm³/mol. The smallest absolute Gasteiger partial charge is 0.451 e. The molecule has 1 aliphatic rings. The van der Waals surface area contributed by atoms with Gasteiger partial charge in [-0.2, -0.15) is 17.0 Å². The average molecular weight is 352 g/mol. The van der Waals surface area contributed by atoms with Crippen LogP contribution in [0.4, 0.5) is 0 Å². The van der Waals surface area contributed by atoms with Crippen molar-refractivity contribution in [3.8, 4) is 0 Å². The van der Waals surface area contributed by atoms with Gasteiger partial charge in [-0.05, 0) is 12.7 Å². The van der Waals surface area contributed by atoms with Crippen LogP contribution in [-0.2, 0) is 15.0 Å². The predicted octanol–water partition coefficient (Wildman–Crippen LogP) is -2.91. The fourth-order valence-corrected chi connectivity index (χ4v) is 4.18. The Morgan fingerprint density at radius 1 is 1.48 bits per heavy atom. The Bertz CT molecular complexity index is 519. The SMILES string of the molecule is CN(CCN)S(=O)(=O)N1C[C@H](CCCB(O)O)[C@](N)(C(=O)O)C1. The van der Waals surface area contributed by atoms with Crippen molar-refractivity contribution in [2.45, 2.75) is 24.7 Å². The highest BCUT2D eigenvalue weighted by molar-refractivity contribution is 7.86. The molecule has 0 amide bonds. The molecule has 134 valence electrons. The van der Waals surface area contributed by atoms with E-state index in [1.165, 1.54) is 7.05 Å². The van der Waals surface area contributed by atoms with Crippen molar-refractivity contribution in [1.29, 1.82) is 0 Å². The van der Waals surface area contributed by atoms with E-state index in [9.17, 15) is 18.3 Å². The van der Waals surface area contributed by atoms with Crippen molar-refractivity contribution < 1.29 is 28.4 Å². The van der Waals surface area contributed by atoms with Crippen molar-refractivity contribution in [1.82, 2.24) is 8.61 Å². The monoisotopic (exact) mass is 352 g/mol. The maximum absolute atomic E-state index is 12.4. The largest absolute Gasteiger partial charge is 0.480 e. The zero-order valence-corrected chi connectivity index (χ0v) is 13.9. The van der Waals surface area contributed by atoms with E-state index in [1.807, 2.05) is 0 Å². The fraction of sp³-hybridized carbons (Fsp3) is 0.909. The maximum Gasteiger partial charge on any atom is 0.451 e. The van der Waals surface area contributed by atoms with Crippen molar-refractivity contribution in [3.05, 3.63) is 0 Å². The summed E-state index contributed by atoms with van der Waals surface area (Å²) in [6.07, 6.45) is 0.695. The van der Waals surface area contributed by atoms with Gasteiger partial charge in [-0.15, -0.1) is 0 Å². The lowest BCUT2D eigenvalue weighted by molar-refractivity contribution is -0.144. The van der Waals surface area contributed by atoms with Gasteiger partial charge >= 0.3 is 13.1 Å². The van der Waals surface area contributed by atoms with E-state index in [0.29, 0.717) is 6.42 Å². The number of nitrogens with zero attached hydrogens (tertiary/aromatic N) is 2. The summed E-state index contributed by atoms with van der Waals surface area (Å²) in [5.74, 6) is -1.88. The summed E-state index contributed by atoms with van der Waals surface area (Å²) in [5.41, 5.74) is 9.61. The van der Waals surface area contributed by atoms with E-state index in [-0.39, 0.29) is 38.9 Å². The molecule has 0 bridgehead atoms. The number of hydrogen-bond acceptors (Lipinski definition) is 7. The fourth-order valence-electron chi connectivity index (χ4n) is 2.70. The number of aliphatic carboxylic acids is 1. The molecule has 0 saturated carbocycles. The second-order valence-corrected chi connectivity index (χ2v) is 7.90. The second-order valence-electron chi connectivity index (χ2n) is 5.86. The Labute approximate surface area is 136 Å². The van der Waals surface area contributed by atoms with Crippen molar-refractivity contribution in [2.75, 3.05) is 33.2 Å². The van der Waals surface area contributed by atoms with Crippen LogP contribution >= 0.6 is 0 Å². The van der Waals surface area contributed by atoms with E-state index < -0.39 is 34.8 Å². The van der Waals surface area contributed by atoms with E-state index >= 15 is 0 Å². The standard InChI is InChI=1S/C11H25BN4O6S/c1-15(6-5-13)23(21,22)16-7-9(3-2-4-12(19)20)11(14,8-16)10(17)18/h9,19-20H,2-8,13-14H2,1H3,(H,17,18)/t9-,11-/m0/s1. The molecule has 1 fully saturated rings. The Kier molecular flexibility index (Phi) is 6.95. The molecule has 1 aliphatic heterocycles. The Balaban J connectivity index is 2.90. The van der Waals surface area contributed by atoms with E-state index in [4.69, 9.17) is 21.5 Å². The summed E-state index contributed by atoms with van der Waals surface area (Å²) < 4.78 is 27.0. The number of rotatable bonds is 9. The molecule has 0 radical (unpaired) electrons. The Morgan fingerprint density at radius 2 is 2.09 bits per heavy atom. The molecule has 7 N–H and O–H groups in total. The van der Waals surface area contributed by atoms with Gasteiger partial charge in [0.25, 0.3) is 10.2 Å². The summed E-state index contributed by atoms with van der Waals surface area (Å²) in [6, 6.07) is 0. The first-order valence-corrected chi connectivity index (χ1v) is 8.75. The minimum Gasteiger partial charge on any atom is -0.480 e. The molecule has 10 nitrogen and oxygen atoms in total. The number of likely N-dealkylation sites (N-methyl/N-ethyl adjacent to an activating group) is 1. The molecule has 23 heavy (non-hydrogen) atoms. The normalized spacial score (nSPS) is 25.9. The number of hydrogen-bond donors (Lipinski definition) is 5. The van der Waals surface area contributed by atoms with Crippen LogP contribution < -0.4 is 11.5 Å². The molecular weight excluding hydrogens is 327 g/mol. The number of nitrogens with two attached hydrogens (primary N) is 2. The lowest BCUT2D eigenvalue weighted by Crippen LogP contribution is -2.55. The molecule has 1 saturated heterocycles.